The fourth-order valence-corrected chi connectivity index (χ4v) is 3.94. The predicted molar refractivity (Wildman–Crippen MR) is 130 cm³/mol. The highest BCUT2D eigenvalue weighted by Crippen LogP contribution is 2.31. The maximum absolute atomic E-state index is 14.2. The lowest BCUT2D eigenvalue weighted by molar-refractivity contribution is -0.138. The molecule has 0 radical (unpaired) electrons. The third-order valence-electron chi connectivity index (χ3n) is 5.86. The minimum absolute atomic E-state index is 0.0361. The molecule has 9 heteroatoms. The Morgan fingerprint density at radius 2 is 1.73 bits per heavy atom. The first-order chi connectivity index (χ1) is 17.4. The topological polar surface area (TPSA) is 75.6 Å². The molecule has 0 saturated carbocycles. The molecule has 0 heterocycles. The second kappa shape index (κ2) is 11.5. The van der Waals surface area contributed by atoms with Crippen LogP contribution in [0.5, 0.6) is 11.5 Å². The fraction of sp³-hybridized carbons (Fsp3) is 0.286. The van der Waals surface area contributed by atoms with Gasteiger partial charge in [-0.05, 0) is 91.4 Å². The number of benzene rings is 3. The Kier molecular flexibility index (Phi) is 8.57. The zero-order valence-corrected chi connectivity index (χ0v) is 20.6. The molecule has 196 valence electrons. The van der Waals surface area contributed by atoms with Gasteiger partial charge in [-0.15, -0.1) is 0 Å². The first-order valence-corrected chi connectivity index (χ1v) is 11.7. The molecule has 3 aromatic carbocycles. The Bertz CT molecular complexity index is 1300. The Balaban J connectivity index is 1.76. The number of carbonyl (C=O) groups is 2. The molecule has 3 aromatic rings. The number of nitrogens with one attached hydrogen (secondary N) is 1. The number of aliphatic carboxylic acids is 1. The van der Waals surface area contributed by atoms with Gasteiger partial charge in [-0.25, -0.2) is 4.39 Å². The van der Waals surface area contributed by atoms with Gasteiger partial charge in [-0.3, -0.25) is 9.59 Å². The van der Waals surface area contributed by atoms with Gasteiger partial charge in [0, 0.05) is 6.42 Å². The van der Waals surface area contributed by atoms with E-state index in [-0.39, 0.29) is 6.42 Å². The van der Waals surface area contributed by atoms with E-state index in [0.29, 0.717) is 42.0 Å². The highest BCUT2D eigenvalue weighted by atomic mass is 19.4. The summed E-state index contributed by atoms with van der Waals surface area (Å²) in [6, 6.07) is 12.0. The number of aryl methyl sites for hydroxylation is 3. The summed E-state index contributed by atoms with van der Waals surface area (Å²) in [5, 5.41) is 11.6. The molecule has 0 saturated heterocycles. The van der Waals surface area contributed by atoms with Crippen molar-refractivity contribution in [3.8, 4) is 11.5 Å². The van der Waals surface area contributed by atoms with Gasteiger partial charge in [0.2, 0.25) is 0 Å². The van der Waals surface area contributed by atoms with E-state index in [1.807, 2.05) is 32.0 Å². The van der Waals surface area contributed by atoms with Gasteiger partial charge in [-0.2, -0.15) is 13.2 Å². The van der Waals surface area contributed by atoms with Gasteiger partial charge in [0.25, 0.3) is 5.91 Å². The zero-order chi connectivity index (χ0) is 27.3. The van der Waals surface area contributed by atoms with Crippen molar-refractivity contribution >= 4 is 11.9 Å². The van der Waals surface area contributed by atoms with Crippen LogP contribution in [0.4, 0.5) is 17.6 Å². The number of carbonyl (C=O) groups excluding carboxylic acids is 1. The van der Waals surface area contributed by atoms with Gasteiger partial charge in [0.15, 0.2) is 0 Å². The second-order valence-corrected chi connectivity index (χ2v) is 8.75. The van der Waals surface area contributed by atoms with Crippen LogP contribution in [0.15, 0.2) is 54.6 Å². The van der Waals surface area contributed by atoms with Crippen LogP contribution >= 0.6 is 0 Å². The first-order valence-electron chi connectivity index (χ1n) is 11.7. The summed E-state index contributed by atoms with van der Waals surface area (Å²) in [7, 11) is 0. The Morgan fingerprint density at radius 1 is 1.00 bits per heavy atom. The number of ether oxygens (including phenoxy) is 1. The van der Waals surface area contributed by atoms with Crippen LogP contribution in [-0.4, -0.2) is 17.0 Å². The molecule has 1 unspecified atom stereocenters. The van der Waals surface area contributed by atoms with Crippen molar-refractivity contribution in [2.75, 3.05) is 0 Å². The van der Waals surface area contributed by atoms with E-state index in [4.69, 9.17) is 9.84 Å². The van der Waals surface area contributed by atoms with E-state index in [9.17, 15) is 27.2 Å². The molecule has 0 aliphatic heterocycles. The van der Waals surface area contributed by atoms with Crippen molar-refractivity contribution in [2.45, 2.75) is 52.3 Å². The van der Waals surface area contributed by atoms with Crippen LogP contribution in [0.2, 0.25) is 0 Å². The molecule has 37 heavy (non-hydrogen) atoms. The smallest absolute Gasteiger partial charge is 0.416 e. The van der Waals surface area contributed by atoms with Gasteiger partial charge >= 0.3 is 12.1 Å². The third-order valence-corrected chi connectivity index (χ3v) is 5.86. The van der Waals surface area contributed by atoms with E-state index in [2.05, 4.69) is 5.32 Å². The number of carboxylic acid groups (broad SMARTS) is 1. The van der Waals surface area contributed by atoms with Crippen LogP contribution in [0.25, 0.3) is 0 Å². The zero-order valence-electron chi connectivity index (χ0n) is 20.6. The third kappa shape index (κ3) is 7.31. The summed E-state index contributed by atoms with van der Waals surface area (Å²) in [5.41, 5.74) is 1.75. The number of hydrogen-bond donors (Lipinski definition) is 2. The Hall–Kier alpha value is -3.88. The normalized spacial score (nSPS) is 12.2. The van der Waals surface area contributed by atoms with Crippen molar-refractivity contribution in [2.24, 2.45) is 0 Å². The van der Waals surface area contributed by atoms with Crippen molar-refractivity contribution in [3.05, 3.63) is 93.8 Å². The number of carboxylic acids is 1. The number of rotatable bonds is 9. The molecule has 0 fully saturated rings. The Labute approximate surface area is 212 Å². The van der Waals surface area contributed by atoms with Crippen molar-refractivity contribution in [1.82, 2.24) is 5.32 Å². The van der Waals surface area contributed by atoms with Crippen molar-refractivity contribution < 1.29 is 37.0 Å². The maximum atomic E-state index is 14.2. The molecule has 0 aliphatic carbocycles. The summed E-state index contributed by atoms with van der Waals surface area (Å²) in [5.74, 6) is -1.90. The van der Waals surface area contributed by atoms with Crippen LogP contribution in [-0.2, 0) is 23.8 Å². The van der Waals surface area contributed by atoms with Crippen LogP contribution in [0, 0.1) is 12.7 Å². The lowest BCUT2D eigenvalue weighted by Gasteiger charge is -2.18. The lowest BCUT2D eigenvalue weighted by Crippen LogP contribution is -2.27. The summed E-state index contributed by atoms with van der Waals surface area (Å²) in [6.45, 7) is 5.48. The summed E-state index contributed by atoms with van der Waals surface area (Å²) >= 11 is 0. The average molecular weight is 518 g/mol. The van der Waals surface area contributed by atoms with Crippen molar-refractivity contribution in [3.63, 3.8) is 0 Å². The molecule has 2 N–H and O–H groups in total. The number of hydrogen-bond acceptors (Lipinski definition) is 3. The molecule has 0 aromatic heterocycles. The monoisotopic (exact) mass is 517 g/mol. The van der Waals surface area contributed by atoms with E-state index in [0.717, 1.165) is 22.8 Å². The average Bonchev–Trinajstić information content (AvgIpc) is 2.81. The molecule has 0 aliphatic rings. The quantitative estimate of drug-likeness (QED) is 0.299. The molecular formula is C28H27F4NO4. The molecule has 1 amide bonds. The standard InChI is InChI=1S/C28H27F4NO4/c1-4-18-13-22(8-5-19(18)6-10-26(34)35)37-23-12-16(2)11-20(14-23)17(3)33-27(36)24-9-7-21(15-25(24)29)28(30,31)32/h5,7-9,11-15,17H,4,6,10H2,1-3H3,(H,33,36)(H,34,35). The SMILES string of the molecule is CCc1cc(Oc2cc(C)cc(C(C)NC(=O)c3ccc(C(F)(F)F)cc3F)c2)ccc1CCC(=O)O. The van der Waals surface area contributed by atoms with E-state index in [1.165, 1.54) is 0 Å². The van der Waals surface area contributed by atoms with Gasteiger partial charge in [0.1, 0.15) is 17.3 Å². The van der Waals surface area contributed by atoms with E-state index in [1.54, 1.807) is 25.1 Å². The van der Waals surface area contributed by atoms with Gasteiger partial charge in [-0.1, -0.05) is 19.1 Å². The molecule has 1 atom stereocenters. The van der Waals surface area contributed by atoms with E-state index >= 15 is 0 Å². The van der Waals surface area contributed by atoms with Crippen molar-refractivity contribution in [1.29, 1.82) is 0 Å². The minimum atomic E-state index is -4.71. The Morgan fingerprint density at radius 3 is 2.35 bits per heavy atom. The van der Waals surface area contributed by atoms with Gasteiger partial charge in [0.05, 0.1) is 17.2 Å². The lowest BCUT2D eigenvalue weighted by atomic mass is 10.0. The maximum Gasteiger partial charge on any atom is 0.416 e. The first kappa shape index (κ1) is 27.7. The fourth-order valence-electron chi connectivity index (χ4n) is 3.94. The largest absolute Gasteiger partial charge is 0.481 e. The number of halogens is 4. The van der Waals surface area contributed by atoms with Crippen LogP contribution in [0.1, 0.15) is 64.5 Å². The predicted octanol–water partition coefficient (Wildman–Crippen LogP) is 7.02. The number of amides is 1. The number of alkyl halides is 3. The summed E-state index contributed by atoms with van der Waals surface area (Å²) in [6.07, 6.45) is -3.55. The molecule has 5 nitrogen and oxygen atoms in total. The van der Waals surface area contributed by atoms with Crippen LogP contribution in [0.3, 0.4) is 0 Å². The molecular weight excluding hydrogens is 490 g/mol. The van der Waals surface area contributed by atoms with Crippen LogP contribution < -0.4 is 10.1 Å². The summed E-state index contributed by atoms with van der Waals surface area (Å²) < 4.78 is 58.6. The molecule has 3 rings (SSSR count). The highest BCUT2D eigenvalue weighted by Gasteiger charge is 2.31. The second-order valence-electron chi connectivity index (χ2n) is 8.75. The van der Waals surface area contributed by atoms with Gasteiger partial charge < -0.3 is 15.2 Å². The van der Waals surface area contributed by atoms with E-state index < -0.39 is 41.0 Å². The minimum Gasteiger partial charge on any atom is -0.481 e. The highest BCUT2D eigenvalue weighted by molar-refractivity contribution is 5.94. The summed E-state index contributed by atoms with van der Waals surface area (Å²) in [4.78, 5) is 23.5. The molecule has 0 bridgehead atoms. The molecule has 0 spiro atoms.